The lowest BCUT2D eigenvalue weighted by Crippen LogP contribution is -2.23. The van der Waals surface area contributed by atoms with Crippen LogP contribution in [0.3, 0.4) is 0 Å². The fraction of sp³-hybridized carbons (Fsp3) is 0.318. The van der Waals surface area contributed by atoms with Crippen LogP contribution in [-0.4, -0.2) is 26.3 Å². The molecule has 1 aliphatic carbocycles. The summed E-state index contributed by atoms with van der Waals surface area (Å²) in [7, 11) is 1.63. The quantitative estimate of drug-likeness (QED) is 0.534. The Hall–Kier alpha value is -3.35. The zero-order chi connectivity index (χ0) is 20.0. The molecule has 7 heteroatoms. The van der Waals surface area contributed by atoms with Gasteiger partial charge in [-0.1, -0.05) is 0 Å². The third-order valence-electron chi connectivity index (χ3n) is 5.58. The summed E-state index contributed by atoms with van der Waals surface area (Å²) in [5.74, 6) is 2.02. The molecule has 0 amide bonds. The van der Waals surface area contributed by atoms with Crippen molar-refractivity contribution in [3.8, 4) is 17.2 Å². The van der Waals surface area contributed by atoms with E-state index in [0.29, 0.717) is 23.7 Å². The van der Waals surface area contributed by atoms with Gasteiger partial charge in [0.25, 0.3) is 5.56 Å². The fourth-order valence-corrected chi connectivity index (χ4v) is 3.97. The second-order valence-corrected chi connectivity index (χ2v) is 7.41. The maximum atomic E-state index is 13.2. The molecule has 3 aromatic heterocycles. The Balaban J connectivity index is 1.50. The molecular weight excluding hydrogens is 368 g/mol. The van der Waals surface area contributed by atoms with Gasteiger partial charge in [0, 0.05) is 23.5 Å². The van der Waals surface area contributed by atoms with Crippen molar-refractivity contribution in [3.05, 3.63) is 69.7 Å². The fourth-order valence-electron chi connectivity index (χ4n) is 3.97. The van der Waals surface area contributed by atoms with Crippen molar-refractivity contribution < 1.29 is 9.15 Å². The minimum Gasteiger partial charge on any atom is -0.497 e. The first-order chi connectivity index (χ1) is 14.1. The van der Waals surface area contributed by atoms with E-state index < -0.39 is 0 Å². The van der Waals surface area contributed by atoms with Crippen LogP contribution >= 0.6 is 0 Å². The van der Waals surface area contributed by atoms with E-state index in [0.717, 1.165) is 53.9 Å². The van der Waals surface area contributed by atoms with Crippen molar-refractivity contribution in [2.45, 2.75) is 39.2 Å². The van der Waals surface area contributed by atoms with Gasteiger partial charge in [-0.05, 0) is 56.9 Å². The predicted molar refractivity (Wildman–Crippen MR) is 108 cm³/mol. The number of rotatable bonds is 4. The van der Waals surface area contributed by atoms with E-state index >= 15 is 0 Å². The second-order valence-electron chi connectivity index (χ2n) is 7.41. The topological polar surface area (TPSA) is 74.6 Å². The highest BCUT2D eigenvalue weighted by Crippen LogP contribution is 2.25. The number of benzene rings is 1. The number of methoxy groups -OCH3 is 1. The van der Waals surface area contributed by atoms with Gasteiger partial charge in [-0.25, -0.2) is 9.50 Å². The molecule has 0 fully saturated rings. The van der Waals surface area contributed by atoms with Crippen LogP contribution in [0.1, 0.15) is 35.6 Å². The Bertz CT molecular complexity index is 1250. The highest BCUT2D eigenvalue weighted by molar-refractivity contribution is 5.56. The highest BCUT2D eigenvalue weighted by atomic mass is 16.5. The summed E-state index contributed by atoms with van der Waals surface area (Å²) in [5.41, 5.74) is 4.44. The van der Waals surface area contributed by atoms with Crippen molar-refractivity contribution in [1.82, 2.24) is 19.2 Å². The monoisotopic (exact) mass is 390 g/mol. The van der Waals surface area contributed by atoms with Crippen LogP contribution in [0.15, 0.2) is 45.9 Å². The Morgan fingerprint density at radius 3 is 2.72 bits per heavy atom. The normalized spacial score (nSPS) is 13.6. The van der Waals surface area contributed by atoms with Crippen molar-refractivity contribution in [3.63, 3.8) is 0 Å². The molecule has 0 N–H and O–H groups in total. The van der Waals surface area contributed by atoms with E-state index in [2.05, 4.69) is 10.1 Å². The summed E-state index contributed by atoms with van der Waals surface area (Å²) in [6.07, 6.45) is 7.74. The smallest absolute Gasteiger partial charge is 0.277 e. The van der Waals surface area contributed by atoms with E-state index in [-0.39, 0.29) is 5.56 Å². The first-order valence-corrected chi connectivity index (χ1v) is 9.84. The average molecular weight is 390 g/mol. The maximum Gasteiger partial charge on any atom is 0.277 e. The van der Waals surface area contributed by atoms with Crippen LogP contribution in [0.2, 0.25) is 0 Å². The number of nitrogens with zero attached hydrogens (tertiary/aromatic N) is 4. The summed E-state index contributed by atoms with van der Waals surface area (Å²) in [4.78, 5) is 17.8. The van der Waals surface area contributed by atoms with Crippen molar-refractivity contribution >= 4 is 5.52 Å². The zero-order valence-electron chi connectivity index (χ0n) is 16.5. The molecule has 0 unspecified atom stereocenters. The zero-order valence-corrected chi connectivity index (χ0v) is 16.5. The molecule has 4 aromatic rings. The van der Waals surface area contributed by atoms with E-state index in [1.165, 1.54) is 0 Å². The number of fused-ring (bicyclic) bond motifs is 3. The van der Waals surface area contributed by atoms with E-state index in [9.17, 15) is 4.79 Å². The van der Waals surface area contributed by atoms with E-state index in [1.807, 2.05) is 37.4 Å². The number of aryl methyl sites for hydroxylation is 3. The van der Waals surface area contributed by atoms with Gasteiger partial charge in [-0.2, -0.15) is 5.10 Å². The first kappa shape index (κ1) is 17.7. The van der Waals surface area contributed by atoms with Gasteiger partial charge >= 0.3 is 0 Å². The molecule has 1 aliphatic rings. The van der Waals surface area contributed by atoms with Gasteiger partial charge in [-0.15, -0.1) is 0 Å². The average Bonchev–Trinajstić information content (AvgIpc) is 3.31. The number of ether oxygens (including phenoxy) is 1. The van der Waals surface area contributed by atoms with Gasteiger partial charge in [0.2, 0.25) is 5.89 Å². The number of aromatic nitrogens is 4. The number of oxazole rings is 1. The third kappa shape index (κ3) is 3.03. The van der Waals surface area contributed by atoms with Crippen LogP contribution in [0.5, 0.6) is 5.75 Å². The Kier molecular flexibility index (Phi) is 4.23. The standard InChI is InChI=1S/C22H22N4O3/c1-14-19(23-21(29-14)15-7-9-16(28-2)10-8-15)13-25-11-12-26-20(22(25)27)17-5-3-4-6-18(17)24-26/h7-12H,3-6,13H2,1-2H3. The van der Waals surface area contributed by atoms with Crippen molar-refractivity contribution in [1.29, 1.82) is 0 Å². The summed E-state index contributed by atoms with van der Waals surface area (Å²) in [6, 6.07) is 7.56. The largest absolute Gasteiger partial charge is 0.497 e. The molecule has 0 aliphatic heterocycles. The Labute approximate surface area is 167 Å². The SMILES string of the molecule is COc1ccc(-c2nc(Cn3ccn4nc5c(c4c3=O)CCCC5)c(C)o2)cc1. The van der Waals surface area contributed by atoms with Crippen LogP contribution in [-0.2, 0) is 19.4 Å². The van der Waals surface area contributed by atoms with Gasteiger partial charge in [-0.3, -0.25) is 4.79 Å². The first-order valence-electron chi connectivity index (χ1n) is 9.84. The van der Waals surface area contributed by atoms with Gasteiger partial charge in [0.05, 0.1) is 19.3 Å². The lowest BCUT2D eigenvalue weighted by molar-refractivity contribution is 0.415. The van der Waals surface area contributed by atoms with Gasteiger partial charge in [0.15, 0.2) is 0 Å². The minimum atomic E-state index is -0.0310. The molecule has 7 nitrogen and oxygen atoms in total. The molecule has 0 radical (unpaired) electrons. The maximum absolute atomic E-state index is 13.2. The van der Waals surface area contributed by atoms with Crippen LogP contribution in [0.4, 0.5) is 0 Å². The lowest BCUT2D eigenvalue weighted by Gasteiger charge is -2.09. The third-order valence-corrected chi connectivity index (χ3v) is 5.58. The molecule has 0 bridgehead atoms. The van der Waals surface area contributed by atoms with Crippen LogP contribution < -0.4 is 10.3 Å². The molecule has 5 rings (SSSR count). The van der Waals surface area contributed by atoms with Crippen molar-refractivity contribution in [2.24, 2.45) is 0 Å². The summed E-state index contributed by atoms with van der Waals surface area (Å²) >= 11 is 0. The summed E-state index contributed by atoms with van der Waals surface area (Å²) < 4.78 is 14.5. The van der Waals surface area contributed by atoms with Gasteiger partial charge < -0.3 is 13.7 Å². The number of hydrogen-bond acceptors (Lipinski definition) is 5. The van der Waals surface area contributed by atoms with Crippen LogP contribution in [0, 0.1) is 6.92 Å². The summed E-state index contributed by atoms with van der Waals surface area (Å²) in [6.45, 7) is 2.24. The molecule has 0 saturated heterocycles. The Morgan fingerprint density at radius 2 is 1.93 bits per heavy atom. The Morgan fingerprint density at radius 1 is 1.14 bits per heavy atom. The summed E-state index contributed by atoms with van der Waals surface area (Å²) in [5, 5.41) is 4.60. The number of hydrogen-bond donors (Lipinski definition) is 0. The minimum absolute atomic E-state index is 0.0310. The molecular formula is C22H22N4O3. The molecule has 0 atom stereocenters. The van der Waals surface area contributed by atoms with Crippen molar-refractivity contribution in [2.75, 3.05) is 7.11 Å². The van der Waals surface area contributed by atoms with E-state index in [4.69, 9.17) is 9.15 Å². The molecule has 1 aromatic carbocycles. The van der Waals surface area contributed by atoms with E-state index in [1.54, 1.807) is 22.4 Å². The molecule has 3 heterocycles. The molecule has 29 heavy (non-hydrogen) atoms. The lowest BCUT2D eigenvalue weighted by atomic mass is 9.97. The van der Waals surface area contributed by atoms with Gasteiger partial charge in [0.1, 0.15) is 22.7 Å². The highest BCUT2D eigenvalue weighted by Gasteiger charge is 2.20. The second kappa shape index (κ2) is 6.92. The molecule has 0 saturated carbocycles. The predicted octanol–water partition coefficient (Wildman–Crippen LogP) is 3.40. The molecule has 148 valence electrons. The molecule has 0 spiro atoms. The van der Waals surface area contributed by atoms with Crippen LogP contribution in [0.25, 0.3) is 17.0 Å².